The fraction of sp³-hybridized carbons (Fsp3) is 0.346. The number of pyridine rings is 1. The summed E-state index contributed by atoms with van der Waals surface area (Å²) in [5, 5.41) is 7.87. The third kappa shape index (κ3) is 6.90. The van der Waals surface area contributed by atoms with E-state index in [0.717, 1.165) is 55.0 Å². The number of halogens is 1. The van der Waals surface area contributed by atoms with Gasteiger partial charge in [-0.1, -0.05) is 54.6 Å². The molecule has 1 unspecified atom stereocenters. The molecule has 2 heterocycles. The molecule has 1 amide bonds. The van der Waals surface area contributed by atoms with Gasteiger partial charge in [0.15, 0.2) is 5.96 Å². The monoisotopic (exact) mass is 557 g/mol. The molecule has 4 rings (SSSR count). The van der Waals surface area contributed by atoms with Crippen molar-refractivity contribution >= 4 is 46.7 Å². The van der Waals surface area contributed by atoms with Crippen molar-refractivity contribution in [3.8, 4) is 0 Å². The summed E-state index contributed by atoms with van der Waals surface area (Å²) >= 11 is 0. The molecule has 1 aromatic heterocycles. The van der Waals surface area contributed by atoms with Crippen molar-refractivity contribution in [3.05, 3.63) is 78.0 Å². The Balaban J connectivity index is 0.00000306. The number of carbonyl (C=O) groups is 1. The van der Waals surface area contributed by atoms with Crippen LogP contribution in [0, 0.1) is 5.92 Å². The number of aromatic nitrogens is 1. The van der Waals surface area contributed by atoms with Gasteiger partial charge in [-0.25, -0.2) is 4.99 Å². The molecule has 0 aliphatic carbocycles. The van der Waals surface area contributed by atoms with Crippen molar-refractivity contribution in [2.24, 2.45) is 10.9 Å². The molecular weight excluding hydrogens is 525 g/mol. The molecule has 0 saturated carbocycles. The normalized spacial score (nSPS) is 16.0. The van der Waals surface area contributed by atoms with Crippen LogP contribution in [0.1, 0.15) is 24.5 Å². The molecule has 2 aromatic carbocycles. The van der Waals surface area contributed by atoms with Crippen LogP contribution in [0.4, 0.5) is 0 Å². The maximum atomic E-state index is 12.5. The number of benzene rings is 2. The molecule has 1 aliphatic rings. The van der Waals surface area contributed by atoms with Gasteiger partial charge < -0.3 is 15.5 Å². The lowest BCUT2D eigenvalue weighted by molar-refractivity contribution is -0.127. The predicted molar refractivity (Wildman–Crippen MR) is 145 cm³/mol. The lowest BCUT2D eigenvalue weighted by atomic mass is 10.1. The number of likely N-dealkylation sites (tertiary alicyclic amines) is 1. The summed E-state index contributed by atoms with van der Waals surface area (Å²) in [6, 6.07) is 20.5. The van der Waals surface area contributed by atoms with Crippen molar-refractivity contribution in [1.29, 1.82) is 0 Å². The van der Waals surface area contributed by atoms with Gasteiger partial charge in [-0.2, -0.15) is 0 Å². The molecule has 7 heteroatoms. The molecule has 3 aromatic rings. The Kier molecular flexibility index (Phi) is 9.47. The standard InChI is InChI=1S/C26H31N5O.HI/c1-2-27-26(30-18-23-11-6-10-22-12-7-14-28-25(22)23)29-17-21-16-24(32)31(19-21)15-13-20-8-4-3-5-9-20;/h3-12,14,21H,2,13,15-19H2,1H3,(H2,27,29,30);1H. The van der Waals surface area contributed by atoms with Crippen LogP contribution in [0.5, 0.6) is 0 Å². The van der Waals surface area contributed by atoms with E-state index in [4.69, 9.17) is 4.99 Å². The highest BCUT2D eigenvalue weighted by molar-refractivity contribution is 14.0. The molecule has 2 N–H and O–H groups in total. The van der Waals surface area contributed by atoms with Gasteiger partial charge in [0.2, 0.25) is 5.91 Å². The Labute approximate surface area is 212 Å². The smallest absolute Gasteiger partial charge is 0.223 e. The molecule has 0 bridgehead atoms. The first-order valence-corrected chi connectivity index (χ1v) is 11.4. The zero-order valence-electron chi connectivity index (χ0n) is 19.0. The fourth-order valence-corrected chi connectivity index (χ4v) is 4.16. The summed E-state index contributed by atoms with van der Waals surface area (Å²) in [4.78, 5) is 23.7. The Morgan fingerprint density at radius 2 is 1.91 bits per heavy atom. The van der Waals surface area contributed by atoms with Gasteiger partial charge in [-0.15, -0.1) is 24.0 Å². The van der Waals surface area contributed by atoms with E-state index in [-0.39, 0.29) is 29.9 Å². The topological polar surface area (TPSA) is 69.6 Å². The van der Waals surface area contributed by atoms with E-state index in [2.05, 4.69) is 52.9 Å². The lowest BCUT2D eigenvalue weighted by Gasteiger charge is -2.18. The molecule has 0 spiro atoms. The van der Waals surface area contributed by atoms with Crippen molar-refractivity contribution < 1.29 is 4.79 Å². The number of nitrogens with one attached hydrogen (secondary N) is 2. The molecule has 1 saturated heterocycles. The molecule has 1 fully saturated rings. The summed E-state index contributed by atoms with van der Waals surface area (Å²) in [5.74, 6) is 1.31. The number of hydrogen-bond donors (Lipinski definition) is 2. The molecule has 174 valence electrons. The van der Waals surface area contributed by atoms with Gasteiger partial charge in [-0.05, 0) is 30.5 Å². The Morgan fingerprint density at radius 1 is 1.09 bits per heavy atom. The number of hydrogen-bond acceptors (Lipinski definition) is 3. The van der Waals surface area contributed by atoms with Gasteiger partial charge in [0, 0.05) is 50.1 Å². The minimum Gasteiger partial charge on any atom is -0.357 e. The number of rotatable bonds is 8. The number of fused-ring (bicyclic) bond motifs is 1. The van der Waals surface area contributed by atoms with Crippen LogP contribution < -0.4 is 10.6 Å². The number of para-hydroxylation sites is 1. The maximum absolute atomic E-state index is 12.5. The second kappa shape index (κ2) is 12.5. The van der Waals surface area contributed by atoms with E-state index in [1.165, 1.54) is 5.56 Å². The second-order valence-electron chi connectivity index (χ2n) is 8.21. The van der Waals surface area contributed by atoms with Crippen LogP contribution in [-0.4, -0.2) is 47.9 Å². The molecule has 1 aliphatic heterocycles. The number of carbonyl (C=O) groups excluding carboxylic acids is 1. The summed E-state index contributed by atoms with van der Waals surface area (Å²) in [6.45, 7) is 5.70. The number of nitrogens with zero attached hydrogens (tertiary/aromatic N) is 3. The van der Waals surface area contributed by atoms with Gasteiger partial charge in [-0.3, -0.25) is 9.78 Å². The highest BCUT2D eigenvalue weighted by Crippen LogP contribution is 2.18. The average molecular weight is 557 g/mol. The van der Waals surface area contributed by atoms with Crippen LogP contribution in [0.15, 0.2) is 71.9 Å². The molecule has 1 atom stereocenters. The van der Waals surface area contributed by atoms with E-state index in [1.807, 2.05) is 41.4 Å². The van der Waals surface area contributed by atoms with Gasteiger partial charge >= 0.3 is 0 Å². The van der Waals surface area contributed by atoms with E-state index in [0.29, 0.717) is 18.9 Å². The maximum Gasteiger partial charge on any atom is 0.223 e. The lowest BCUT2D eigenvalue weighted by Crippen LogP contribution is -2.40. The summed E-state index contributed by atoms with van der Waals surface area (Å²) in [7, 11) is 0. The van der Waals surface area contributed by atoms with Gasteiger partial charge in [0.05, 0.1) is 12.1 Å². The first-order chi connectivity index (χ1) is 15.7. The molecular formula is C26H32IN5O. The molecule has 0 radical (unpaired) electrons. The van der Waals surface area contributed by atoms with Crippen LogP contribution in [0.3, 0.4) is 0 Å². The summed E-state index contributed by atoms with van der Waals surface area (Å²) < 4.78 is 0. The number of amides is 1. The van der Waals surface area contributed by atoms with Crippen LogP contribution in [-0.2, 0) is 17.8 Å². The SMILES string of the molecule is CCNC(=NCc1cccc2cccnc12)NCC1CC(=O)N(CCc2ccccc2)C1.I. The Hall–Kier alpha value is -2.68. The van der Waals surface area contributed by atoms with Crippen LogP contribution in [0.2, 0.25) is 0 Å². The van der Waals surface area contributed by atoms with Gasteiger partial charge in [0.1, 0.15) is 0 Å². The predicted octanol–water partition coefficient (Wildman–Crippen LogP) is 4.00. The zero-order valence-corrected chi connectivity index (χ0v) is 21.4. The highest BCUT2D eigenvalue weighted by atomic mass is 127. The molecule has 33 heavy (non-hydrogen) atoms. The van der Waals surface area contributed by atoms with E-state index in [9.17, 15) is 4.79 Å². The highest BCUT2D eigenvalue weighted by Gasteiger charge is 2.29. The third-order valence-electron chi connectivity index (χ3n) is 5.83. The summed E-state index contributed by atoms with van der Waals surface area (Å²) in [6.07, 6.45) is 3.31. The van der Waals surface area contributed by atoms with E-state index < -0.39 is 0 Å². The Bertz CT molecular complexity index is 1070. The van der Waals surface area contributed by atoms with Crippen molar-refractivity contribution in [1.82, 2.24) is 20.5 Å². The van der Waals surface area contributed by atoms with E-state index >= 15 is 0 Å². The van der Waals surface area contributed by atoms with Crippen molar-refractivity contribution in [2.75, 3.05) is 26.2 Å². The zero-order chi connectivity index (χ0) is 22.2. The van der Waals surface area contributed by atoms with Crippen LogP contribution in [0.25, 0.3) is 10.9 Å². The van der Waals surface area contributed by atoms with Crippen molar-refractivity contribution in [2.45, 2.75) is 26.3 Å². The average Bonchev–Trinajstić information content (AvgIpc) is 3.19. The molecule has 6 nitrogen and oxygen atoms in total. The fourth-order valence-electron chi connectivity index (χ4n) is 4.16. The first-order valence-electron chi connectivity index (χ1n) is 11.4. The second-order valence-corrected chi connectivity index (χ2v) is 8.21. The first kappa shape index (κ1) is 25.0. The van der Waals surface area contributed by atoms with E-state index in [1.54, 1.807) is 0 Å². The number of guanidine groups is 1. The minimum absolute atomic E-state index is 0. The van der Waals surface area contributed by atoms with Gasteiger partial charge in [0.25, 0.3) is 0 Å². The quantitative estimate of drug-likeness (QED) is 0.250. The summed E-state index contributed by atoms with van der Waals surface area (Å²) in [5.41, 5.74) is 3.36. The largest absolute Gasteiger partial charge is 0.357 e. The third-order valence-corrected chi connectivity index (χ3v) is 5.83. The minimum atomic E-state index is 0. The van der Waals surface area contributed by atoms with Crippen LogP contribution >= 0.6 is 24.0 Å². The Morgan fingerprint density at radius 3 is 2.73 bits per heavy atom. The number of aliphatic imine (C=N–C) groups is 1. The van der Waals surface area contributed by atoms with Crippen molar-refractivity contribution in [3.63, 3.8) is 0 Å².